The molecule has 0 fully saturated rings. The summed E-state index contributed by atoms with van der Waals surface area (Å²) in [6, 6.07) is 8.99. The van der Waals surface area contributed by atoms with Gasteiger partial charge in [0.25, 0.3) is 0 Å². The monoisotopic (exact) mass is 291 g/mol. The van der Waals surface area contributed by atoms with Crippen molar-refractivity contribution in [2.75, 3.05) is 0 Å². The molecule has 3 aromatic rings. The Bertz CT molecular complexity index is 790. The minimum atomic E-state index is -4.33. The number of benzene rings is 1. The number of aromatic nitrogens is 3. The first kappa shape index (κ1) is 13.6. The van der Waals surface area contributed by atoms with Crippen LogP contribution < -0.4 is 0 Å². The number of halogens is 3. The fourth-order valence-electron chi connectivity index (χ4n) is 2.15. The molecule has 0 unspecified atom stereocenters. The summed E-state index contributed by atoms with van der Waals surface area (Å²) < 4.78 is 39.7. The van der Waals surface area contributed by atoms with Crippen molar-refractivity contribution >= 4 is 5.65 Å². The van der Waals surface area contributed by atoms with Crippen molar-refractivity contribution in [1.29, 1.82) is 0 Å². The van der Waals surface area contributed by atoms with Crippen LogP contribution in [0.3, 0.4) is 0 Å². The molecule has 3 rings (SSSR count). The number of pyridine rings is 1. The SMILES string of the molecule is Cc1ccc2nc(Cc3cccc(C(F)(F)F)c3)nn2c1. The van der Waals surface area contributed by atoms with Crippen LogP contribution in [0.15, 0.2) is 42.6 Å². The molecule has 0 aliphatic heterocycles. The second-order valence-corrected chi connectivity index (χ2v) is 4.91. The van der Waals surface area contributed by atoms with E-state index in [1.54, 1.807) is 10.6 Å². The van der Waals surface area contributed by atoms with E-state index in [0.717, 1.165) is 17.7 Å². The number of aryl methyl sites for hydroxylation is 1. The standard InChI is InChI=1S/C15H12F3N3/c1-10-5-6-14-19-13(20-21(14)9-10)8-11-3-2-4-12(7-11)15(16,17)18/h2-7,9H,8H2,1H3. The molecule has 21 heavy (non-hydrogen) atoms. The Morgan fingerprint density at radius 1 is 1.14 bits per heavy atom. The summed E-state index contributed by atoms with van der Waals surface area (Å²) >= 11 is 0. The third-order valence-electron chi connectivity index (χ3n) is 3.14. The topological polar surface area (TPSA) is 30.2 Å². The summed E-state index contributed by atoms with van der Waals surface area (Å²) in [5.41, 5.74) is 1.61. The first-order chi connectivity index (χ1) is 9.91. The minimum Gasteiger partial charge on any atom is -0.221 e. The van der Waals surface area contributed by atoms with Crippen LogP contribution in [0.25, 0.3) is 5.65 Å². The lowest BCUT2D eigenvalue weighted by atomic mass is 10.1. The maximum Gasteiger partial charge on any atom is 0.416 e. The second-order valence-electron chi connectivity index (χ2n) is 4.91. The van der Waals surface area contributed by atoms with Crippen LogP contribution in [0, 0.1) is 6.92 Å². The molecule has 6 heteroatoms. The van der Waals surface area contributed by atoms with Gasteiger partial charge >= 0.3 is 6.18 Å². The number of fused-ring (bicyclic) bond motifs is 1. The molecule has 0 N–H and O–H groups in total. The van der Waals surface area contributed by atoms with Gasteiger partial charge in [0.15, 0.2) is 11.5 Å². The Morgan fingerprint density at radius 2 is 1.95 bits per heavy atom. The first-order valence-corrected chi connectivity index (χ1v) is 6.40. The van der Waals surface area contributed by atoms with Gasteiger partial charge in [-0.05, 0) is 30.2 Å². The van der Waals surface area contributed by atoms with E-state index in [1.807, 2.05) is 25.3 Å². The molecule has 2 aromatic heterocycles. The van der Waals surface area contributed by atoms with Gasteiger partial charge in [-0.1, -0.05) is 24.3 Å². The summed E-state index contributed by atoms with van der Waals surface area (Å²) in [5.74, 6) is 0.500. The molecule has 0 saturated carbocycles. The summed E-state index contributed by atoms with van der Waals surface area (Å²) in [5, 5.41) is 4.28. The number of hydrogen-bond acceptors (Lipinski definition) is 2. The van der Waals surface area contributed by atoms with Crippen molar-refractivity contribution in [3.63, 3.8) is 0 Å². The van der Waals surface area contributed by atoms with Crippen molar-refractivity contribution in [2.45, 2.75) is 19.5 Å². The van der Waals surface area contributed by atoms with Crippen molar-refractivity contribution in [3.8, 4) is 0 Å². The maximum atomic E-state index is 12.7. The Hall–Kier alpha value is -2.37. The van der Waals surface area contributed by atoms with Crippen LogP contribution in [0.4, 0.5) is 13.2 Å². The van der Waals surface area contributed by atoms with E-state index in [0.29, 0.717) is 17.0 Å². The van der Waals surface area contributed by atoms with E-state index < -0.39 is 11.7 Å². The zero-order valence-electron chi connectivity index (χ0n) is 11.2. The van der Waals surface area contributed by atoms with Crippen LogP contribution in [0.1, 0.15) is 22.5 Å². The summed E-state index contributed by atoms with van der Waals surface area (Å²) in [4.78, 5) is 4.31. The Balaban J connectivity index is 1.91. The fourth-order valence-corrected chi connectivity index (χ4v) is 2.15. The highest BCUT2D eigenvalue weighted by Crippen LogP contribution is 2.29. The summed E-state index contributed by atoms with van der Waals surface area (Å²) in [7, 11) is 0. The van der Waals surface area contributed by atoms with Gasteiger partial charge in [-0.15, -0.1) is 0 Å². The van der Waals surface area contributed by atoms with Crippen LogP contribution in [-0.4, -0.2) is 14.6 Å². The Kier molecular flexibility index (Phi) is 3.16. The predicted molar refractivity (Wildman–Crippen MR) is 72.0 cm³/mol. The molecule has 2 heterocycles. The van der Waals surface area contributed by atoms with E-state index in [-0.39, 0.29) is 6.42 Å². The van der Waals surface area contributed by atoms with Gasteiger partial charge in [0.2, 0.25) is 0 Å². The molecule has 0 spiro atoms. The highest BCUT2D eigenvalue weighted by Gasteiger charge is 2.30. The molecule has 0 aliphatic carbocycles. The highest BCUT2D eigenvalue weighted by atomic mass is 19.4. The van der Waals surface area contributed by atoms with E-state index in [1.165, 1.54) is 6.07 Å². The highest BCUT2D eigenvalue weighted by molar-refractivity contribution is 5.39. The quantitative estimate of drug-likeness (QED) is 0.721. The first-order valence-electron chi connectivity index (χ1n) is 6.40. The van der Waals surface area contributed by atoms with E-state index in [2.05, 4.69) is 10.1 Å². The van der Waals surface area contributed by atoms with E-state index >= 15 is 0 Å². The molecular formula is C15H12F3N3. The zero-order valence-corrected chi connectivity index (χ0v) is 11.2. The lowest BCUT2D eigenvalue weighted by Gasteiger charge is -2.07. The average molecular weight is 291 g/mol. The van der Waals surface area contributed by atoms with Gasteiger partial charge in [0.1, 0.15) is 0 Å². The van der Waals surface area contributed by atoms with Crippen molar-refractivity contribution in [3.05, 3.63) is 65.1 Å². The average Bonchev–Trinajstić information content (AvgIpc) is 2.79. The van der Waals surface area contributed by atoms with Crippen LogP contribution in [0.5, 0.6) is 0 Å². The molecule has 0 bridgehead atoms. The normalized spacial score (nSPS) is 12.0. The maximum absolute atomic E-state index is 12.7. The lowest BCUT2D eigenvalue weighted by Crippen LogP contribution is -2.05. The molecule has 108 valence electrons. The van der Waals surface area contributed by atoms with Gasteiger partial charge in [-0.2, -0.15) is 18.3 Å². The number of hydrogen-bond donors (Lipinski definition) is 0. The third kappa shape index (κ3) is 2.89. The largest absolute Gasteiger partial charge is 0.416 e. The van der Waals surface area contributed by atoms with Crippen molar-refractivity contribution in [1.82, 2.24) is 14.6 Å². The van der Waals surface area contributed by atoms with Gasteiger partial charge < -0.3 is 0 Å². The molecule has 0 saturated heterocycles. The molecule has 0 amide bonds. The zero-order chi connectivity index (χ0) is 15.0. The second kappa shape index (κ2) is 4.87. The van der Waals surface area contributed by atoms with Crippen LogP contribution >= 0.6 is 0 Å². The molecule has 0 aliphatic rings. The molecule has 0 radical (unpaired) electrons. The van der Waals surface area contributed by atoms with Gasteiger partial charge in [0, 0.05) is 12.6 Å². The fraction of sp³-hybridized carbons (Fsp3) is 0.200. The van der Waals surface area contributed by atoms with Gasteiger partial charge in [-0.3, -0.25) is 0 Å². The molecule has 1 aromatic carbocycles. The molecule has 0 atom stereocenters. The van der Waals surface area contributed by atoms with Crippen LogP contribution in [-0.2, 0) is 12.6 Å². The summed E-state index contributed by atoms with van der Waals surface area (Å²) in [6.45, 7) is 1.94. The van der Waals surface area contributed by atoms with Crippen molar-refractivity contribution < 1.29 is 13.2 Å². The molecular weight excluding hydrogens is 279 g/mol. The molecule has 3 nitrogen and oxygen atoms in total. The predicted octanol–water partition coefficient (Wildman–Crippen LogP) is 3.65. The van der Waals surface area contributed by atoms with Crippen LogP contribution in [0.2, 0.25) is 0 Å². The third-order valence-corrected chi connectivity index (χ3v) is 3.14. The number of nitrogens with zero attached hydrogens (tertiary/aromatic N) is 3. The Labute approximate surface area is 119 Å². The minimum absolute atomic E-state index is 0.268. The van der Waals surface area contributed by atoms with Crippen molar-refractivity contribution in [2.24, 2.45) is 0 Å². The van der Waals surface area contributed by atoms with E-state index in [9.17, 15) is 13.2 Å². The van der Waals surface area contributed by atoms with Gasteiger partial charge in [0.05, 0.1) is 5.56 Å². The number of alkyl halides is 3. The van der Waals surface area contributed by atoms with E-state index in [4.69, 9.17) is 0 Å². The Morgan fingerprint density at radius 3 is 2.71 bits per heavy atom. The van der Waals surface area contributed by atoms with Gasteiger partial charge in [-0.25, -0.2) is 9.50 Å². The lowest BCUT2D eigenvalue weighted by molar-refractivity contribution is -0.137. The smallest absolute Gasteiger partial charge is 0.221 e. The number of rotatable bonds is 2. The summed E-state index contributed by atoms with van der Waals surface area (Å²) in [6.07, 6.45) is -2.23.